The summed E-state index contributed by atoms with van der Waals surface area (Å²) in [5.41, 5.74) is 3.41. The first-order valence-electron chi connectivity index (χ1n) is 5.86. The van der Waals surface area contributed by atoms with Crippen LogP contribution < -0.4 is 0 Å². The second-order valence-electron chi connectivity index (χ2n) is 4.86. The van der Waals surface area contributed by atoms with Crippen molar-refractivity contribution in [2.45, 2.75) is 46.1 Å². The van der Waals surface area contributed by atoms with Crippen molar-refractivity contribution >= 4 is 6.29 Å². The Hall–Kier alpha value is -1.22. The third-order valence-corrected chi connectivity index (χ3v) is 2.93. The van der Waals surface area contributed by atoms with E-state index in [-0.39, 0.29) is 18.4 Å². The van der Waals surface area contributed by atoms with Gasteiger partial charge >= 0.3 is 0 Å². The molecular weight excluding hydrogens is 219 g/mol. The molecule has 0 fully saturated rings. The number of benzene rings is 1. The second-order valence-corrected chi connectivity index (χ2v) is 4.86. The van der Waals surface area contributed by atoms with Crippen molar-refractivity contribution in [3.05, 3.63) is 34.4 Å². The lowest BCUT2D eigenvalue weighted by molar-refractivity contribution is -0.144. The van der Waals surface area contributed by atoms with E-state index in [1.165, 1.54) is 0 Å². The van der Waals surface area contributed by atoms with Crippen LogP contribution in [0.25, 0.3) is 0 Å². The van der Waals surface area contributed by atoms with E-state index in [0.29, 0.717) is 5.56 Å². The molecule has 3 heteroatoms. The van der Waals surface area contributed by atoms with Crippen LogP contribution in [0.5, 0.6) is 0 Å². The summed E-state index contributed by atoms with van der Waals surface area (Å²) in [5.74, 6) is 0.548. The van der Waals surface area contributed by atoms with Gasteiger partial charge in [-0.2, -0.15) is 4.94 Å². The summed E-state index contributed by atoms with van der Waals surface area (Å²) >= 11 is 0. The van der Waals surface area contributed by atoms with Crippen molar-refractivity contribution in [2.24, 2.45) is 0 Å². The summed E-state index contributed by atoms with van der Waals surface area (Å²) in [7, 11) is 0. The molecule has 0 spiro atoms. The van der Waals surface area contributed by atoms with Crippen LogP contribution in [-0.2, 0) is 11.5 Å². The molecule has 0 saturated heterocycles. The Kier molecular flexibility index (Phi) is 4.82. The highest BCUT2D eigenvalue weighted by Crippen LogP contribution is 2.28. The molecular formula is C14H19FO2. The third kappa shape index (κ3) is 3.13. The van der Waals surface area contributed by atoms with Crippen LogP contribution in [0.4, 0.5) is 4.53 Å². The summed E-state index contributed by atoms with van der Waals surface area (Å²) in [5, 5.41) is 0. The van der Waals surface area contributed by atoms with Gasteiger partial charge in [0.05, 0.1) is 0 Å². The highest BCUT2D eigenvalue weighted by molar-refractivity contribution is 5.78. The molecule has 0 aliphatic rings. The maximum atomic E-state index is 12.0. The summed E-state index contributed by atoms with van der Waals surface area (Å²) in [6.07, 6.45) is 0.821. The van der Waals surface area contributed by atoms with Gasteiger partial charge in [0.2, 0.25) is 0 Å². The van der Waals surface area contributed by atoms with E-state index in [4.69, 9.17) is 0 Å². The monoisotopic (exact) mass is 238 g/mol. The minimum atomic E-state index is -0.104. The van der Waals surface area contributed by atoms with E-state index >= 15 is 0 Å². The average molecular weight is 238 g/mol. The van der Waals surface area contributed by atoms with Gasteiger partial charge in [-0.1, -0.05) is 33.8 Å². The topological polar surface area (TPSA) is 26.3 Å². The fourth-order valence-electron chi connectivity index (χ4n) is 2.02. The Bertz CT molecular complexity index is 397. The predicted molar refractivity (Wildman–Crippen MR) is 65.9 cm³/mol. The van der Waals surface area contributed by atoms with E-state index in [1.807, 2.05) is 33.8 Å². The van der Waals surface area contributed by atoms with Crippen LogP contribution >= 0.6 is 0 Å². The molecule has 0 aromatic heterocycles. The zero-order chi connectivity index (χ0) is 13.0. The van der Waals surface area contributed by atoms with Crippen LogP contribution in [0.3, 0.4) is 0 Å². The Labute approximate surface area is 102 Å². The largest absolute Gasteiger partial charge is 0.298 e. The molecule has 0 unspecified atom stereocenters. The lowest BCUT2D eigenvalue weighted by Gasteiger charge is -2.17. The summed E-state index contributed by atoms with van der Waals surface area (Å²) in [4.78, 5) is 14.7. The lowest BCUT2D eigenvalue weighted by atomic mass is 9.88. The van der Waals surface area contributed by atoms with Crippen molar-refractivity contribution < 1.29 is 14.3 Å². The number of aldehydes is 1. The minimum Gasteiger partial charge on any atom is -0.298 e. The third-order valence-electron chi connectivity index (χ3n) is 2.93. The Morgan fingerprint density at radius 3 is 2.18 bits per heavy atom. The normalized spacial score (nSPS) is 11.2. The molecule has 0 aliphatic carbocycles. The van der Waals surface area contributed by atoms with Crippen LogP contribution in [0.15, 0.2) is 12.1 Å². The van der Waals surface area contributed by atoms with Crippen LogP contribution in [0, 0.1) is 0 Å². The molecule has 2 nitrogen and oxygen atoms in total. The van der Waals surface area contributed by atoms with Crippen LogP contribution in [0.2, 0.25) is 0 Å². The molecule has 94 valence electrons. The number of halogens is 1. The molecule has 1 rings (SSSR count). The highest BCUT2D eigenvalue weighted by Gasteiger charge is 2.14. The van der Waals surface area contributed by atoms with Gasteiger partial charge in [0, 0.05) is 5.56 Å². The van der Waals surface area contributed by atoms with Crippen molar-refractivity contribution in [2.75, 3.05) is 0 Å². The first-order chi connectivity index (χ1) is 8.01. The van der Waals surface area contributed by atoms with Crippen LogP contribution in [0.1, 0.15) is 66.6 Å². The van der Waals surface area contributed by atoms with Gasteiger partial charge in [-0.3, -0.25) is 4.79 Å². The maximum Gasteiger partial charge on any atom is 0.150 e. The van der Waals surface area contributed by atoms with Crippen molar-refractivity contribution in [1.29, 1.82) is 0 Å². The van der Waals surface area contributed by atoms with Crippen molar-refractivity contribution in [1.82, 2.24) is 0 Å². The van der Waals surface area contributed by atoms with E-state index in [0.717, 1.165) is 23.0 Å². The number of rotatable bonds is 5. The molecule has 0 bridgehead atoms. The summed E-state index contributed by atoms with van der Waals surface area (Å²) in [6.45, 7) is 8.06. The molecule has 17 heavy (non-hydrogen) atoms. The summed E-state index contributed by atoms with van der Waals surface area (Å²) < 4.78 is 12.0. The molecule has 1 aromatic rings. The standard InChI is InChI=1S/C14H19FO2/c1-9(2)13-6-14(10(3)4)12(8-17-15)5-11(13)7-16/h5-7,9-10H,8H2,1-4H3. The average Bonchev–Trinajstić information content (AvgIpc) is 2.28. The molecule has 0 aliphatic heterocycles. The molecule has 0 radical (unpaired) electrons. The quantitative estimate of drug-likeness (QED) is 0.720. The number of hydrogen-bond acceptors (Lipinski definition) is 2. The van der Waals surface area contributed by atoms with Crippen molar-refractivity contribution in [3.63, 3.8) is 0 Å². The van der Waals surface area contributed by atoms with E-state index < -0.39 is 0 Å². The molecule has 0 amide bonds. The van der Waals surface area contributed by atoms with Gasteiger partial charge in [0.1, 0.15) is 12.9 Å². The molecule has 0 N–H and O–H groups in total. The lowest BCUT2D eigenvalue weighted by Crippen LogP contribution is -2.04. The van der Waals surface area contributed by atoms with Gasteiger partial charge in [0.25, 0.3) is 0 Å². The Balaban J connectivity index is 3.36. The van der Waals surface area contributed by atoms with Gasteiger partial charge in [0.15, 0.2) is 0 Å². The van der Waals surface area contributed by atoms with E-state index in [2.05, 4.69) is 4.94 Å². The number of hydrogen-bond donors (Lipinski definition) is 0. The molecule has 1 aromatic carbocycles. The highest BCUT2D eigenvalue weighted by atomic mass is 19.3. The summed E-state index contributed by atoms with van der Waals surface area (Å²) in [6, 6.07) is 3.73. The first-order valence-corrected chi connectivity index (χ1v) is 5.86. The van der Waals surface area contributed by atoms with Gasteiger partial charge in [-0.25, -0.2) is 0 Å². The minimum absolute atomic E-state index is 0.104. The maximum absolute atomic E-state index is 12.0. The molecule has 0 saturated carbocycles. The van der Waals surface area contributed by atoms with Gasteiger partial charge in [-0.15, -0.1) is 0 Å². The second kappa shape index (κ2) is 5.92. The molecule has 0 heterocycles. The van der Waals surface area contributed by atoms with E-state index in [9.17, 15) is 9.32 Å². The molecule has 0 atom stereocenters. The Morgan fingerprint density at radius 1 is 1.18 bits per heavy atom. The fraction of sp³-hybridized carbons (Fsp3) is 0.500. The fourth-order valence-corrected chi connectivity index (χ4v) is 2.02. The zero-order valence-electron chi connectivity index (χ0n) is 10.8. The first kappa shape index (κ1) is 13.8. The predicted octanol–water partition coefficient (Wildman–Crippen LogP) is 4.15. The smallest absolute Gasteiger partial charge is 0.150 e. The Morgan fingerprint density at radius 2 is 1.76 bits per heavy atom. The van der Waals surface area contributed by atoms with Gasteiger partial charge in [-0.05, 0) is 39.1 Å². The number of carbonyl (C=O) groups excluding carboxylic acids is 1. The van der Waals surface area contributed by atoms with Gasteiger partial charge < -0.3 is 0 Å². The SMILES string of the molecule is CC(C)c1cc(C(C)C)c(COF)cc1C=O. The van der Waals surface area contributed by atoms with Crippen LogP contribution in [-0.4, -0.2) is 6.29 Å². The van der Waals surface area contributed by atoms with Crippen molar-refractivity contribution in [3.8, 4) is 0 Å². The zero-order valence-corrected chi connectivity index (χ0v) is 10.8. The van der Waals surface area contributed by atoms with E-state index in [1.54, 1.807) is 6.07 Å². The number of carbonyl (C=O) groups is 1.